The second kappa shape index (κ2) is 5.96. The number of anilines is 1. The van der Waals surface area contributed by atoms with E-state index in [-0.39, 0.29) is 11.3 Å². The van der Waals surface area contributed by atoms with E-state index in [1.165, 1.54) is 27.6 Å². The largest absolute Gasteiger partial charge is 0.344 e. The average molecular weight is 368 g/mol. The number of carbonyl (C=O) groups is 1. The van der Waals surface area contributed by atoms with Crippen molar-refractivity contribution in [2.24, 2.45) is 0 Å². The molecule has 2 heterocycles. The number of rotatable bonds is 2. The van der Waals surface area contributed by atoms with Crippen LogP contribution in [0.2, 0.25) is 0 Å². The number of nitrogens with one attached hydrogen (secondary N) is 1. The quantitative estimate of drug-likeness (QED) is 0.700. The first kappa shape index (κ1) is 17.1. The Balaban J connectivity index is 1.67. The average Bonchev–Trinajstić information content (AvgIpc) is 2.90. The highest BCUT2D eigenvalue weighted by Crippen LogP contribution is 2.52. The Kier molecular flexibility index (Phi) is 3.63. The number of benzene rings is 3. The monoisotopic (exact) mass is 368 g/mol. The lowest BCUT2D eigenvalue weighted by Gasteiger charge is -2.49. The number of amides is 1. The van der Waals surface area contributed by atoms with Gasteiger partial charge in [-0.15, -0.1) is 0 Å². The van der Waals surface area contributed by atoms with E-state index in [2.05, 4.69) is 103 Å². The third-order valence-corrected chi connectivity index (χ3v) is 6.47. The van der Waals surface area contributed by atoms with Crippen molar-refractivity contribution >= 4 is 28.4 Å². The van der Waals surface area contributed by atoms with Crippen LogP contribution in [0.3, 0.4) is 0 Å². The Morgan fingerprint density at radius 1 is 0.964 bits per heavy atom. The van der Waals surface area contributed by atoms with Gasteiger partial charge in [0.05, 0.1) is 0 Å². The van der Waals surface area contributed by atoms with Gasteiger partial charge in [0, 0.05) is 24.1 Å². The molecule has 1 N–H and O–H groups in total. The van der Waals surface area contributed by atoms with Gasteiger partial charge in [-0.25, -0.2) is 0 Å². The Morgan fingerprint density at radius 2 is 1.71 bits per heavy atom. The van der Waals surface area contributed by atoms with Gasteiger partial charge < -0.3 is 10.2 Å². The number of para-hydroxylation sites is 1. The maximum absolute atomic E-state index is 12.5. The topological polar surface area (TPSA) is 32.3 Å². The van der Waals surface area contributed by atoms with Crippen molar-refractivity contribution in [3.8, 4) is 0 Å². The highest BCUT2D eigenvalue weighted by atomic mass is 16.2. The highest BCUT2D eigenvalue weighted by Gasteiger charge is 2.57. The molecule has 3 aromatic rings. The first-order chi connectivity index (χ1) is 13.5. The first-order valence-electron chi connectivity index (χ1n) is 9.88. The summed E-state index contributed by atoms with van der Waals surface area (Å²) in [6.07, 6.45) is 4.90. The summed E-state index contributed by atoms with van der Waals surface area (Å²) in [6, 6.07) is 23.3. The zero-order chi connectivity index (χ0) is 19.4. The lowest BCUT2D eigenvalue weighted by atomic mass is 9.74. The molecule has 0 unspecified atom stereocenters. The molecule has 0 aromatic heterocycles. The fourth-order valence-electron chi connectivity index (χ4n) is 4.93. The number of nitrogens with zero attached hydrogens (tertiary/aromatic N) is 1. The van der Waals surface area contributed by atoms with E-state index in [1.54, 1.807) is 0 Å². The molecule has 0 radical (unpaired) electrons. The van der Waals surface area contributed by atoms with Crippen molar-refractivity contribution in [1.82, 2.24) is 5.32 Å². The predicted molar refractivity (Wildman–Crippen MR) is 115 cm³/mol. The molecule has 2 aliphatic rings. The van der Waals surface area contributed by atoms with Crippen molar-refractivity contribution in [2.75, 3.05) is 11.4 Å². The van der Waals surface area contributed by atoms with Gasteiger partial charge in [-0.1, -0.05) is 80.6 Å². The lowest BCUT2D eigenvalue weighted by molar-refractivity contribution is -0.124. The second-order valence-corrected chi connectivity index (χ2v) is 8.26. The highest BCUT2D eigenvalue weighted by molar-refractivity contribution is 5.91. The molecule has 140 valence electrons. The second-order valence-electron chi connectivity index (χ2n) is 8.26. The van der Waals surface area contributed by atoms with Crippen LogP contribution in [0, 0.1) is 0 Å². The van der Waals surface area contributed by atoms with Crippen molar-refractivity contribution < 1.29 is 4.79 Å². The number of hydrogen-bond donors (Lipinski definition) is 1. The van der Waals surface area contributed by atoms with Gasteiger partial charge in [0.15, 0.2) is 0 Å². The minimum absolute atomic E-state index is 0.111. The molecule has 1 atom stereocenters. The zero-order valence-corrected chi connectivity index (χ0v) is 16.3. The van der Waals surface area contributed by atoms with Crippen LogP contribution in [0.5, 0.6) is 0 Å². The van der Waals surface area contributed by atoms with Gasteiger partial charge in [-0.3, -0.25) is 4.79 Å². The molecule has 0 aliphatic carbocycles. The molecule has 1 saturated heterocycles. The van der Waals surface area contributed by atoms with Crippen LogP contribution < -0.4 is 10.2 Å². The van der Waals surface area contributed by atoms with Crippen molar-refractivity contribution in [2.45, 2.75) is 31.3 Å². The van der Waals surface area contributed by atoms with E-state index in [4.69, 9.17) is 0 Å². The summed E-state index contributed by atoms with van der Waals surface area (Å²) in [4.78, 5) is 14.9. The van der Waals surface area contributed by atoms with Crippen LogP contribution in [-0.2, 0) is 10.2 Å². The summed E-state index contributed by atoms with van der Waals surface area (Å²) in [7, 11) is 0. The molecule has 0 spiro atoms. The fourth-order valence-corrected chi connectivity index (χ4v) is 4.93. The minimum Gasteiger partial charge on any atom is -0.344 e. The molecule has 3 aromatic carbocycles. The molecule has 2 aliphatic heterocycles. The summed E-state index contributed by atoms with van der Waals surface area (Å²) >= 11 is 0. The van der Waals surface area contributed by atoms with Crippen LogP contribution in [0.25, 0.3) is 16.8 Å². The smallest absolute Gasteiger partial charge is 0.223 e. The van der Waals surface area contributed by atoms with Crippen LogP contribution in [0.1, 0.15) is 31.4 Å². The molecular formula is C25H24N2O. The molecule has 0 saturated carbocycles. The molecule has 3 nitrogen and oxygen atoms in total. The fraction of sp³-hybridized carbons (Fsp3) is 0.240. The van der Waals surface area contributed by atoms with Gasteiger partial charge in [-0.05, 0) is 34.0 Å². The molecule has 28 heavy (non-hydrogen) atoms. The maximum atomic E-state index is 12.5. The van der Waals surface area contributed by atoms with E-state index >= 15 is 0 Å². The maximum Gasteiger partial charge on any atom is 0.223 e. The third kappa shape index (κ3) is 2.26. The van der Waals surface area contributed by atoms with E-state index in [9.17, 15) is 4.79 Å². The van der Waals surface area contributed by atoms with E-state index in [0.29, 0.717) is 6.42 Å². The number of hydrogen-bond acceptors (Lipinski definition) is 2. The Labute approximate surface area is 165 Å². The van der Waals surface area contributed by atoms with Gasteiger partial charge in [0.25, 0.3) is 0 Å². The summed E-state index contributed by atoms with van der Waals surface area (Å²) < 4.78 is 0. The SMILES string of the molecule is CC1(C)c2ccccc2N2CCC(=O)N[C@@]21C=Cc1cccc2ccccc12. The lowest BCUT2D eigenvalue weighted by Crippen LogP contribution is -2.68. The molecule has 3 heteroatoms. The van der Waals surface area contributed by atoms with Gasteiger partial charge in [0.1, 0.15) is 5.66 Å². The van der Waals surface area contributed by atoms with Crippen LogP contribution in [-0.4, -0.2) is 18.1 Å². The van der Waals surface area contributed by atoms with Gasteiger partial charge in [0.2, 0.25) is 5.91 Å². The zero-order valence-electron chi connectivity index (χ0n) is 16.3. The summed E-state index contributed by atoms with van der Waals surface area (Å²) in [6.45, 7) is 5.18. The summed E-state index contributed by atoms with van der Waals surface area (Å²) in [5.41, 5.74) is 2.85. The first-order valence-corrected chi connectivity index (χ1v) is 9.88. The number of fused-ring (bicyclic) bond motifs is 4. The molecule has 1 fully saturated rings. The molecule has 1 amide bonds. The summed E-state index contributed by atoms with van der Waals surface area (Å²) in [5.74, 6) is 0.111. The minimum atomic E-state index is -0.567. The van der Waals surface area contributed by atoms with Crippen LogP contribution >= 0.6 is 0 Å². The van der Waals surface area contributed by atoms with Crippen LogP contribution in [0.15, 0.2) is 72.8 Å². The van der Waals surface area contributed by atoms with Gasteiger partial charge >= 0.3 is 0 Å². The van der Waals surface area contributed by atoms with Gasteiger partial charge in [-0.2, -0.15) is 0 Å². The molecular weight excluding hydrogens is 344 g/mol. The van der Waals surface area contributed by atoms with E-state index < -0.39 is 5.66 Å². The predicted octanol–water partition coefficient (Wildman–Crippen LogP) is 4.87. The molecule has 0 bridgehead atoms. The normalized spacial score (nSPS) is 22.9. The molecule has 5 rings (SSSR count). The third-order valence-electron chi connectivity index (χ3n) is 6.47. The van der Waals surface area contributed by atoms with Crippen molar-refractivity contribution in [3.63, 3.8) is 0 Å². The van der Waals surface area contributed by atoms with Crippen LogP contribution in [0.4, 0.5) is 5.69 Å². The van der Waals surface area contributed by atoms with Crippen molar-refractivity contribution in [3.05, 3.63) is 83.9 Å². The standard InChI is InChI=1S/C25H24N2O/c1-24(2)21-12-5-6-13-22(21)27-17-15-23(28)26-25(24,27)16-14-19-10-7-9-18-8-3-4-11-20(18)19/h3-14,16H,15,17H2,1-2H3,(H,26,28)/t25-/m0/s1. The Hall–Kier alpha value is -3.07. The van der Waals surface area contributed by atoms with Crippen molar-refractivity contribution in [1.29, 1.82) is 0 Å². The van der Waals surface area contributed by atoms with E-state index in [0.717, 1.165) is 6.54 Å². The van der Waals surface area contributed by atoms with E-state index in [1.807, 2.05) is 0 Å². The Bertz CT molecular complexity index is 1110. The number of carbonyl (C=O) groups excluding carboxylic acids is 1. The summed E-state index contributed by atoms with van der Waals surface area (Å²) in [5, 5.41) is 5.79. The Morgan fingerprint density at radius 3 is 2.61 bits per heavy atom.